The molecule has 0 bridgehead atoms. The zero-order valence-electron chi connectivity index (χ0n) is 30.7. The van der Waals surface area contributed by atoms with Crippen LogP contribution in [0, 0.1) is 0 Å². The van der Waals surface area contributed by atoms with Crippen LogP contribution in [0.3, 0.4) is 0 Å². The van der Waals surface area contributed by atoms with Crippen molar-refractivity contribution in [2.24, 2.45) is 0 Å². The Hall–Kier alpha value is -3.71. The van der Waals surface area contributed by atoms with Gasteiger partial charge in [0.25, 0.3) is 0 Å². The standard InChI is InChI=1S/C24H13BrO.C24H15BrO.CH2Cl2.3ClH.Fe/c25-14-9-10-23-21(11-14)22-12-19-17-7-3-1-5-15(17)16-6-2-4-8-18(16)20(19)13-24(22)26-23;25-18-11-13-24-22(15-18)21-14-17(10-12-23(21)26-24)20-9-5-4-8-19(20)16-6-2-1-3-7-16;2-1-3;;;;/h1-13H;1-15H;1H2;3*1H;/q;;;;;;+3/p-3. The van der Waals surface area contributed by atoms with E-state index in [1.54, 1.807) is 0 Å². The maximum absolute atomic E-state index is 6.16. The molecule has 0 saturated heterocycles. The number of fused-ring (bicyclic) bond motifs is 12. The molecule has 2 aromatic heterocycles. The molecule has 295 valence electrons. The number of rotatable bonds is 2. The summed E-state index contributed by atoms with van der Waals surface area (Å²) in [5.41, 5.74) is 8.57. The molecule has 0 atom stereocenters. The Bertz CT molecular complexity index is 3250. The minimum atomic E-state index is -1.33. The van der Waals surface area contributed by atoms with Gasteiger partial charge in [-0.15, -0.1) is 23.2 Å². The normalized spacial score (nSPS) is 11.3. The van der Waals surface area contributed by atoms with E-state index in [1.165, 1.54) is 54.6 Å². The van der Waals surface area contributed by atoms with Gasteiger partial charge < -0.3 is 8.83 Å². The van der Waals surface area contributed by atoms with Gasteiger partial charge in [-0.2, -0.15) is 0 Å². The van der Waals surface area contributed by atoms with E-state index in [9.17, 15) is 0 Å². The molecule has 59 heavy (non-hydrogen) atoms. The van der Waals surface area contributed by atoms with Crippen molar-refractivity contribution in [3.05, 3.63) is 179 Å². The van der Waals surface area contributed by atoms with E-state index in [4.69, 9.17) is 62.3 Å². The summed E-state index contributed by atoms with van der Waals surface area (Å²) in [5.74, 6) is 0. The van der Waals surface area contributed by atoms with Crippen LogP contribution < -0.4 is 0 Å². The molecule has 0 unspecified atom stereocenters. The molecule has 0 N–H and O–H groups in total. The summed E-state index contributed by atoms with van der Waals surface area (Å²) in [4.78, 5) is 0. The van der Waals surface area contributed by atoms with E-state index in [1.807, 2.05) is 30.3 Å². The van der Waals surface area contributed by atoms with Gasteiger partial charge in [0.1, 0.15) is 22.3 Å². The van der Waals surface area contributed by atoms with E-state index in [-0.39, 0.29) is 5.34 Å². The molecule has 0 amide bonds. The average Bonchev–Trinajstić information content (AvgIpc) is 3.80. The summed E-state index contributed by atoms with van der Waals surface area (Å²) in [6, 6.07) is 59.6. The summed E-state index contributed by atoms with van der Waals surface area (Å²) in [6.07, 6.45) is 0. The van der Waals surface area contributed by atoms with Gasteiger partial charge in [0.2, 0.25) is 0 Å². The maximum atomic E-state index is 6.16. The molecule has 0 fully saturated rings. The molecule has 2 nitrogen and oxygen atoms in total. The monoisotopic (exact) mass is 1040 g/mol. The third kappa shape index (κ3) is 9.02. The quantitative estimate of drug-likeness (QED) is 0.0980. The average molecular weight is 1040 g/mol. The molecule has 9 aromatic carbocycles. The number of furan rings is 2. The molecule has 11 aromatic rings. The fourth-order valence-corrected chi connectivity index (χ4v) is 8.39. The van der Waals surface area contributed by atoms with E-state index in [2.05, 4.69) is 171 Å². The van der Waals surface area contributed by atoms with Crippen molar-refractivity contribution in [1.82, 2.24) is 0 Å². The molecule has 10 heteroatoms. The summed E-state index contributed by atoms with van der Waals surface area (Å²) in [5, 5.41) is 12.4. The van der Waals surface area contributed by atoms with Crippen molar-refractivity contribution in [1.29, 1.82) is 0 Å². The molecule has 0 spiro atoms. The first-order valence-corrected chi connectivity index (χ1v) is 25.4. The number of hydrogen-bond acceptors (Lipinski definition) is 2. The summed E-state index contributed by atoms with van der Waals surface area (Å²) >= 11 is 15.3. The summed E-state index contributed by atoms with van der Waals surface area (Å²) < 4.78 is 14.3. The Balaban J connectivity index is 0.000000142. The fourth-order valence-electron chi connectivity index (χ4n) is 7.67. The van der Waals surface area contributed by atoms with Crippen LogP contribution in [0.4, 0.5) is 0 Å². The number of halogens is 7. The molecule has 0 aliphatic carbocycles. The zero-order valence-corrected chi connectivity index (χ0v) is 38.7. The van der Waals surface area contributed by atoms with Gasteiger partial charge in [-0.3, -0.25) is 0 Å². The Morgan fingerprint density at radius 2 is 0.729 bits per heavy atom. The van der Waals surface area contributed by atoms with Gasteiger partial charge in [-0.25, -0.2) is 0 Å². The predicted octanol–water partition coefficient (Wildman–Crippen LogP) is 19.0. The first kappa shape index (κ1) is 42.0. The van der Waals surface area contributed by atoms with E-state index in [0.717, 1.165) is 52.8 Å². The molecular weight excluding hydrogens is 1010 g/mol. The van der Waals surface area contributed by atoms with Crippen molar-refractivity contribution >= 4 is 162 Å². The van der Waals surface area contributed by atoms with Crippen LogP contribution in [0.15, 0.2) is 188 Å². The predicted molar refractivity (Wildman–Crippen MR) is 260 cm³/mol. The molecule has 0 saturated carbocycles. The first-order chi connectivity index (χ1) is 28.7. The van der Waals surface area contributed by atoms with Crippen LogP contribution in [0.5, 0.6) is 0 Å². The van der Waals surface area contributed by atoms with Gasteiger partial charge >= 0.3 is 41.5 Å². The second kappa shape index (κ2) is 18.9. The van der Waals surface area contributed by atoms with Crippen molar-refractivity contribution in [2.45, 2.75) is 0 Å². The second-order valence-electron chi connectivity index (χ2n) is 13.3. The van der Waals surface area contributed by atoms with Gasteiger partial charge in [-0.1, -0.05) is 141 Å². The molecular formula is C49H30Br2Cl5FeO2. The van der Waals surface area contributed by atoms with Crippen molar-refractivity contribution < 1.29 is 20.0 Å². The Morgan fingerprint density at radius 1 is 0.356 bits per heavy atom. The van der Waals surface area contributed by atoms with Crippen LogP contribution >= 0.6 is 85.4 Å². The first-order valence-electron chi connectivity index (χ1n) is 18.1. The van der Waals surface area contributed by atoms with Gasteiger partial charge in [0.15, 0.2) is 0 Å². The van der Waals surface area contributed by atoms with Crippen molar-refractivity contribution in [2.75, 3.05) is 5.34 Å². The number of benzene rings is 9. The fraction of sp³-hybridized carbons (Fsp3) is 0.0204. The zero-order chi connectivity index (χ0) is 41.0. The minimum absolute atomic E-state index is 0.194. The Kier molecular flexibility index (Phi) is 13.5. The van der Waals surface area contributed by atoms with Crippen molar-refractivity contribution in [3.63, 3.8) is 0 Å². The Labute approximate surface area is 384 Å². The van der Waals surface area contributed by atoms with Crippen LogP contribution in [-0.2, 0) is 11.2 Å². The van der Waals surface area contributed by atoms with Gasteiger partial charge in [0.05, 0.1) is 5.34 Å². The SMILES string of the molecule is Brc1ccc2oc3cc4c5ccccc5c5ccccc5c4cc3c2c1.Brc1ccc2oc3ccc(-c4ccccc4-c4ccccc4)cc3c2c1.ClCCl.[Cl][Fe]([Cl])[Cl]. The third-order valence-corrected chi connectivity index (χ3v) is 11.0. The van der Waals surface area contributed by atoms with E-state index in [0.29, 0.717) is 0 Å². The third-order valence-electron chi connectivity index (χ3n) is 10.1. The molecule has 0 aliphatic heterocycles. The topological polar surface area (TPSA) is 26.3 Å². The molecule has 2 heterocycles. The summed E-state index contributed by atoms with van der Waals surface area (Å²) in [6.45, 7) is 0. The van der Waals surface area contributed by atoms with Gasteiger partial charge in [0, 0.05) is 30.5 Å². The van der Waals surface area contributed by atoms with Crippen LogP contribution in [0.25, 0.3) is 98.4 Å². The molecule has 0 aliphatic rings. The van der Waals surface area contributed by atoms with Crippen LogP contribution in [-0.4, -0.2) is 5.34 Å². The molecule has 11 rings (SSSR count). The van der Waals surface area contributed by atoms with Crippen LogP contribution in [0.2, 0.25) is 0 Å². The summed E-state index contributed by atoms with van der Waals surface area (Å²) in [7, 11) is 14.7. The van der Waals surface area contributed by atoms with E-state index >= 15 is 0 Å². The number of hydrogen-bond donors (Lipinski definition) is 0. The molecule has 0 radical (unpaired) electrons. The van der Waals surface area contributed by atoms with Crippen LogP contribution in [0.1, 0.15) is 0 Å². The second-order valence-corrected chi connectivity index (χ2v) is 21.5. The number of alkyl halides is 2. The van der Waals surface area contributed by atoms with Crippen molar-refractivity contribution in [3.8, 4) is 22.3 Å². The Morgan fingerprint density at radius 3 is 1.25 bits per heavy atom. The van der Waals surface area contributed by atoms with Gasteiger partial charge in [-0.05, 0) is 115 Å². The van der Waals surface area contributed by atoms with E-state index < -0.39 is 11.2 Å².